The van der Waals surface area contributed by atoms with E-state index in [4.69, 9.17) is 10.00 Å². The van der Waals surface area contributed by atoms with Crippen LogP contribution in [0.2, 0.25) is 0 Å². The number of anilines is 1. The summed E-state index contributed by atoms with van der Waals surface area (Å²) in [6.45, 7) is 2.31. The van der Waals surface area contributed by atoms with Crippen molar-refractivity contribution in [3.05, 3.63) is 35.2 Å². The predicted molar refractivity (Wildman–Crippen MR) is 75.6 cm³/mol. The van der Waals surface area contributed by atoms with E-state index in [-0.39, 0.29) is 12.1 Å². The van der Waals surface area contributed by atoms with E-state index >= 15 is 0 Å². The summed E-state index contributed by atoms with van der Waals surface area (Å²) in [6, 6.07) is 9.34. The van der Waals surface area contributed by atoms with Crippen molar-refractivity contribution >= 4 is 22.6 Å². The third kappa shape index (κ3) is 2.12. The summed E-state index contributed by atoms with van der Waals surface area (Å²) < 4.78 is 4.99. The quantitative estimate of drug-likeness (QED) is 0.850. The van der Waals surface area contributed by atoms with E-state index in [9.17, 15) is 4.79 Å². The van der Waals surface area contributed by atoms with Gasteiger partial charge in [0.15, 0.2) is 5.13 Å². The van der Waals surface area contributed by atoms with Crippen molar-refractivity contribution < 1.29 is 9.53 Å². The summed E-state index contributed by atoms with van der Waals surface area (Å²) in [5.74, 6) is 0. The molecule has 1 aromatic heterocycles. The molecule has 100 valence electrons. The van der Waals surface area contributed by atoms with Crippen LogP contribution in [0.3, 0.4) is 0 Å². The van der Waals surface area contributed by atoms with Gasteiger partial charge in [0.05, 0.1) is 23.4 Å². The van der Waals surface area contributed by atoms with E-state index < -0.39 is 0 Å². The lowest BCUT2D eigenvalue weighted by Gasteiger charge is -2.13. The third-order valence-electron chi connectivity index (χ3n) is 3.07. The van der Waals surface area contributed by atoms with Crippen molar-refractivity contribution in [2.24, 2.45) is 0 Å². The lowest BCUT2D eigenvalue weighted by molar-refractivity contribution is 0.179. The van der Waals surface area contributed by atoms with Crippen LogP contribution in [-0.2, 0) is 4.74 Å². The Kier molecular flexibility index (Phi) is 3.12. The molecule has 0 aliphatic carbocycles. The van der Waals surface area contributed by atoms with Gasteiger partial charge in [-0.3, -0.25) is 0 Å². The molecule has 1 amide bonds. The van der Waals surface area contributed by atoms with Gasteiger partial charge in [-0.15, -0.1) is 11.3 Å². The topological polar surface area (TPSA) is 66.2 Å². The van der Waals surface area contributed by atoms with Crippen LogP contribution in [0.25, 0.3) is 11.3 Å². The number of benzene rings is 1. The molecule has 3 rings (SSSR count). The highest BCUT2D eigenvalue weighted by atomic mass is 32.1. The van der Waals surface area contributed by atoms with E-state index in [1.807, 2.05) is 24.4 Å². The van der Waals surface area contributed by atoms with Crippen molar-refractivity contribution in [3.8, 4) is 17.3 Å². The molecule has 5 nitrogen and oxygen atoms in total. The summed E-state index contributed by atoms with van der Waals surface area (Å²) in [5, 5.41) is 11.4. The Morgan fingerprint density at radius 3 is 3.10 bits per heavy atom. The maximum absolute atomic E-state index is 11.7. The van der Waals surface area contributed by atoms with Crippen molar-refractivity contribution in [1.82, 2.24) is 4.98 Å². The molecule has 2 heterocycles. The number of nitriles is 1. The Morgan fingerprint density at radius 2 is 2.40 bits per heavy atom. The van der Waals surface area contributed by atoms with E-state index in [0.717, 1.165) is 11.3 Å². The van der Waals surface area contributed by atoms with Crippen LogP contribution in [0.1, 0.15) is 12.5 Å². The molecule has 0 unspecified atom stereocenters. The standard InChI is InChI=1S/C14H11N3O2S/c1-9-7-19-14(18)17(9)13-16-12(8-20-13)11-4-2-3-10(5-11)6-15/h2-5,8-9H,7H2,1H3/t9-/m1/s1. The van der Waals surface area contributed by atoms with Crippen LogP contribution < -0.4 is 4.90 Å². The number of hydrogen-bond donors (Lipinski definition) is 0. The number of hydrogen-bond acceptors (Lipinski definition) is 5. The molecule has 0 bridgehead atoms. The van der Waals surface area contributed by atoms with Crippen LogP contribution in [0.15, 0.2) is 29.6 Å². The van der Waals surface area contributed by atoms with Gasteiger partial charge in [0.25, 0.3) is 0 Å². The average Bonchev–Trinajstić information content (AvgIpc) is 3.06. The molecule has 20 heavy (non-hydrogen) atoms. The number of nitrogens with zero attached hydrogens (tertiary/aromatic N) is 3. The van der Waals surface area contributed by atoms with E-state index in [0.29, 0.717) is 17.3 Å². The monoisotopic (exact) mass is 285 g/mol. The number of thiazole rings is 1. The van der Waals surface area contributed by atoms with Crippen LogP contribution in [0, 0.1) is 11.3 Å². The number of carbonyl (C=O) groups is 1. The molecule has 1 aliphatic rings. The number of rotatable bonds is 2. The Morgan fingerprint density at radius 1 is 1.55 bits per heavy atom. The van der Waals surface area contributed by atoms with Gasteiger partial charge in [-0.2, -0.15) is 5.26 Å². The Labute approximate surface area is 120 Å². The summed E-state index contributed by atoms with van der Waals surface area (Å²) in [6.07, 6.45) is -0.357. The largest absolute Gasteiger partial charge is 0.447 e. The summed E-state index contributed by atoms with van der Waals surface area (Å²) >= 11 is 1.39. The summed E-state index contributed by atoms with van der Waals surface area (Å²) in [4.78, 5) is 17.7. The van der Waals surface area contributed by atoms with E-state index in [2.05, 4.69) is 11.1 Å². The first-order chi connectivity index (χ1) is 9.69. The van der Waals surface area contributed by atoms with Gasteiger partial charge < -0.3 is 4.74 Å². The molecule has 1 atom stereocenters. The van der Waals surface area contributed by atoms with Crippen LogP contribution in [0.4, 0.5) is 9.93 Å². The highest BCUT2D eigenvalue weighted by molar-refractivity contribution is 7.14. The van der Waals surface area contributed by atoms with E-state index in [1.165, 1.54) is 11.3 Å². The maximum Gasteiger partial charge on any atom is 0.416 e. The Bertz CT molecular complexity index is 704. The second-order valence-electron chi connectivity index (χ2n) is 4.50. The number of carbonyl (C=O) groups excluding carboxylic acids is 1. The van der Waals surface area contributed by atoms with Crippen molar-refractivity contribution in [3.63, 3.8) is 0 Å². The van der Waals surface area contributed by atoms with Gasteiger partial charge in [-0.05, 0) is 19.1 Å². The molecule has 6 heteroatoms. The zero-order chi connectivity index (χ0) is 14.1. The SMILES string of the molecule is C[C@@H]1COC(=O)N1c1nc(-c2cccc(C#N)c2)cs1. The minimum absolute atomic E-state index is 0.00746. The van der Waals surface area contributed by atoms with Crippen LogP contribution in [0.5, 0.6) is 0 Å². The number of amides is 1. The number of cyclic esters (lactones) is 1. The molecular formula is C14H11N3O2S. The lowest BCUT2D eigenvalue weighted by atomic mass is 10.1. The molecule has 0 N–H and O–H groups in total. The third-order valence-corrected chi connectivity index (χ3v) is 3.91. The number of aromatic nitrogens is 1. The normalized spacial score (nSPS) is 17.9. The first kappa shape index (κ1) is 12.6. The van der Waals surface area contributed by atoms with Gasteiger partial charge in [0.1, 0.15) is 6.61 Å². The first-order valence-corrected chi connectivity index (χ1v) is 6.99. The lowest BCUT2D eigenvalue weighted by Crippen LogP contribution is -2.30. The molecule has 0 saturated carbocycles. The molecule has 0 radical (unpaired) electrons. The van der Waals surface area contributed by atoms with Crippen molar-refractivity contribution in [2.45, 2.75) is 13.0 Å². The van der Waals surface area contributed by atoms with Gasteiger partial charge in [-0.1, -0.05) is 12.1 Å². The first-order valence-electron chi connectivity index (χ1n) is 6.11. The molecule has 1 saturated heterocycles. The second kappa shape index (κ2) is 4.94. The minimum atomic E-state index is -0.357. The molecule has 1 aliphatic heterocycles. The maximum atomic E-state index is 11.7. The number of ether oxygens (including phenoxy) is 1. The smallest absolute Gasteiger partial charge is 0.416 e. The molecule has 1 aromatic carbocycles. The second-order valence-corrected chi connectivity index (χ2v) is 5.34. The van der Waals surface area contributed by atoms with Crippen LogP contribution >= 0.6 is 11.3 Å². The highest BCUT2D eigenvalue weighted by Gasteiger charge is 2.33. The predicted octanol–water partition coefficient (Wildman–Crippen LogP) is 3.03. The van der Waals surface area contributed by atoms with E-state index in [1.54, 1.807) is 17.0 Å². The summed E-state index contributed by atoms with van der Waals surface area (Å²) in [5.41, 5.74) is 2.21. The minimum Gasteiger partial charge on any atom is -0.447 e. The van der Waals surface area contributed by atoms with Gasteiger partial charge in [0, 0.05) is 10.9 Å². The zero-order valence-electron chi connectivity index (χ0n) is 10.7. The summed E-state index contributed by atoms with van der Waals surface area (Å²) in [7, 11) is 0. The Balaban J connectivity index is 1.94. The molecule has 0 spiro atoms. The van der Waals surface area contributed by atoms with Crippen molar-refractivity contribution in [2.75, 3.05) is 11.5 Å². The van der Waals surface area contributed by atoms with Gasteiger partial charge in [-0.25, -0.2) is 14.7 Å². The van der Waals surface area contributed by atoms with Crippen molar-refractivity contribution in [1.29, 1.82) is 5.26 Å². The highest BCUT2D eigenvalue weighted by Crippen LogP contribution is 2.31. The molecule has 1 fully saturated rings. The van der Waals surface area contributed by atoms with Crippen LogP contribution in [-0.4, -0.2) is 23.7 Å². The zero-order valence-corrected chi connectivity index (χ0v) is 11.6. The van der Waals surface area contributed by atoms with Gasteiger partial charge >= 0.3 is 6.09 Å². The fourth-order valence-corrected chi connectivity index (χ4v) is 2.96. The Hall–Kier alpha value is -2.39. The molecular weight excluding hydrogens is 274 g/mol. The molecule has 2 aromatic rings. The fourth-order valence-electron chi connectivity index (χ4n) is 2.04. The van der Waals surface area contributed by atoms with Gasteiger partial charge in [0.2, 0.25) is 0 Å². The average molecular weight is 285 g/mol. The fraction of sp³-hybridized carbons (Fsp3) is 0.214.